The van der Waals surface area contributed by atoms with Crippen molar-refractivity contribution in [3.05, 3.63) is 46.3 Å². The summed E-state index contributed by atoms with van der Waals surface area (Å²) in [6.45, 7) is 7.78. The van der Waals surface area contributed by atoms with Gasteiger partial charge in [0.2, 0.25) is 10.0 Å². The first-order valence-corrected chi connectivity index (χ1v) is 8.21. The zero-order chi connectivity index (χ0) is 15.8. The van der Waals surface area contributed by atoms with E-state index in [0.717, 1.165) is 11.1 Å². The maximum Gasteiger partial charge on any atom is 0.246 e. The molecule has 0 unspecified atom stereocenters. The van der Waals surface area contributed by atoms with Crippen molar-refractivity contribution in [1.29, 1.82) is 0 Å². The Balaban J connectivity index is 2.33. The fraction of sp³-hybridized carbons (Fsp3) is 0.400. The predicted octanol–water partition coefficient (Wildman–Crippen LogP) is 2.46. The van der Waals surface area contributed by atoms with E-state index in [4.69, 9.17) is 0 Å². The maximum atomic E-state index is 12.7. The third-order valence-electron chi connectivity index (χ3n) is 3.62. The Morgan fingerprint density at radius 3 is 2.38 bits per heavy atom. The van der Waals surface area contributed by atoms with Crippen molar-refractivity contribution < 1.29 is 8.42 Å². The lowest BCUT2D eigenvalue weighted by atomic mass is 10.1. The van der Waals surface area contributed by atoms with Crippen molar-refractivity contribution in [3.63, 3.8) is 0 Å². The fourth-order valence-electron chi connectivity index (χ4n) is 2.42. The van der Waals surface area contributed by atoms with Gasteiger partial charge in [0, 0.05) is 13.6 Å². The molecular formula is C15H21N3O2S. The lowest BCUT2D eigenvalue weighted by molar-refractivity contribution is 0.465. The van der Waals surface area contributed by atoms with Gasteiger partial charge in [0.1, 0.15) is 4.90 Å². The first kappa shape index (κ1) is 15.7. The van der Waals surface area contributed by atoms with Crippen LogP contribution in [0.2, 0.25) is 0 Å². The summed E-state index contributed by atoms with van der Waals surface area (Å²) in [6, 6.07) is 6.03. The minimum atomic E-state index is -3.54. The number of aromatic amines is 1. The minimum absolute atomic E-state index is 0.273. The Morgan fingerprint density at radius 2 is 1.86 bits per heavy atom. The number of rotatable bonds is 4. The monoisotopic (exact) mass is 307 g/mol. The van der Waals surface area contributed by atoms with Crippen LogP contribution in [-0.4, -0.2) is 30.0 Å². The van der Waals surface area contributed by atoms with E-state index in [1.54, 1.807) is 20.9 Å². The van der Waals surface area contributed by atoms with Gasteiger partial charge < -0.3 is 0 Å². The number of hydrogen-bond donors (Lipinski definition) is 1. The molecule has 0 radical (unpaired) electrons. The molecule has 0 bridgehead atoms. The number of hydrogen-bond acceptors (Lipinski definition) is 3. The molecule has 0 spiro atoms. The van der Waals surface area contributed by atoms with E-state index in [0.29, 0.717) is 17.9 Å². The lowest BCUT2D eigenvalue weighted by Gasteiger charge is -2.18. The van der Waals surface area contributed by atoms with Crippen molar-refractivity contribution in [2.24, 2.45) is 0 Å². The lowest BCUT2D eigenvalue weighted by Crippen LogP contribution is -2.27. The minimum Gasteiger partial charge on any atom is -0.281 e. The van der Waals surface area contributed by atoms with E-state index in [-0.39, 0.29) is 4.90 Å². The van der Waals surface area contributed by atoms with Crippen LogP contribution in [0.25, 0.3) is 0 Å². The zero-order valence-electron chi connectivity index (χ0n) is 13.1. The molecule has 1 heterocycles. The molecule has 0 saturated heterocycles. The van der Waals surface area contributed by atoms with Crippen molar-refractivity contribution in [1.82, 2.24) is 14.5 Å². The van der Waals surface area contributed by atoms with Gasteiger partial charge in [0.25, 0.3) is 0 Å². The third-order valence-corrected chi connectivity index (χ3v) is 5.69. The van der Waals surface area contributed by atoms with E-state index >= 15 is 0 Å². The Kier molecular flexibility index (Phi) is 4.20. The fourth-order valence-corrected chi connectivity index (χ4v) is 3.90. The Bertz CT molecular complexity index is 744. The number of nitrogens with zero attached hydrogens (tertiary/aromatic N) is 2. The van der Waals surface area contributed by atoms with Crippen LogP contribution < -0.4 is 0 Å². The summed E-state index contributed by atoms with van der Waals surface area (Å²) < 4.78 is 26.7. The van der Waals surface area contributed by atoms with Gasteiger partial charge in [-0.15, -0.1) is 0 Å². The van der Waals surface area contributed by atoms with Crippen LogP contribution in [0.5, 0.6) is 0 Å². The van der Waals surface area contributed by atoms with Crippen LogP contribution in [-0.2, 0) is 16.6 Å². The number of aromatic nitrogens is 2. The third kappa shape index (κ3) is 3.01. The zero-order valence-corrected chi connectivity index (χ0v) is 13.9. The highest BCUT2D eigenvalue weighted by Crippen LogP contribution is 2.23. The van der Waals surface area contributed by atoms with Crippen molar-refractivity contribution in [3.8, 4) is 0 Å². The maximum absolute atomic E-state index is 12.7. The molecule has 0 saturated carbocycles. The predicted molar refractivity (Wildman–Crippen MR) is 82.6 cm³/mol. The molecular weight excluding hydrogens is 286 g/mol. The molecule has 0 atom stereocenters. The summed E-state index contributed by atoms with van der Waals surface area (Å²) in [6.07, 6.45) is 0. The van der Waals surface area contributed by atoms with E-state index < -0.39 is 10.0 Å². The first-order valence-electron chi connectivity index (χ1n) is 6.77. The molecule has 0 aliphatic carbocycles. The van der Waals surface area contributed by atoms with Crippen molar-refractivity contribution in [2.45, 2.75) is 39.1 Å². The molecule has 5 nitrogen and oxygen atoms in total. The largest absolute Gasteiger partial charge is 0.281 e. The van der Waals surface area contributed by atoms with Crippen LogP contribution in [0.4, 0.5) is 0 Å². The quantitative estimate of drug-likeness (QED) is 0.943. The van der Waals surface area contributed by atoms with Gasteiger partial charge >= 0.3 is 0 Å². The second kappa shape index (κ2) is 5.61. The molecule has 1 aromatic carbocycles. The van der Waals surface area contributed by atoms with Crippen LogP contribution in [0, 0.1) is 27.7 Å². The molecule has 1 N–H and O–H groups in total. The first-order chi connectivity index (χ1) is 9.73. The molecule has 6 heteroatoms. The molecule has 0 amide bonds. The van der Waals surface area contributed by atoms with Crippen LogP contribution in [0.1, 0.15) is 28.1 Å². The summed E-state index contributed by atoms with van der Waals surface area (Å²) in [7, 11) is -1.94. The van der Waals surface area contributed by atoms with Crippen LogP contribution in [0.3, 0.4) is 0 Å². The number of benzene rings is 1. The van der Waals surface area contributed by atoms with Gasteiger partial charge in [0.15, 0.2) is 0 Å². The summed E-state index contributed by atoms with van der Waals surface area (Å²) in [4.78, 5) is 0.273. The average Bonchev–Trinajstić information content (AvgIpc) is 2.72. The van der Waals surface area contributed by atoms with Crippen molar-refractivity contribution >= 4 is 10.0 Å². The SMILES string of the molecule is Cc1ccc(CN(C)S(=O)(=O)c2c(C)n[nH]c2C)c(C)c1. The molecule has 21 heavy (non-hydrogen) atoms. The molecule has 2 rings (SSSR count). The van der Waals surface area contributed by atoms with E-state index in [1.165, 1.54) is 9.87 Å². The Labute approximate surface area is 126 Å². The molecule has 2 aromatic rings. The summed E-state index contributed by atoms with van der Waals surface area (Å²) in [5.74, 6) is 0. The van der Waals surface area contributed by atoms with Gasteiger partial charge in [0.05, 0.1) is 11.4 Å². The second-order valence-corrected chi connectivity index (χ2v) is 7.44. The number of H-pyrrole nitrogens is 1. The van der Waals surface area contributed by atoms with Crippen LogP contribution in [0.15, 0.2) is 23.1 Å². The summed E-state index contributed by atoms with van der Waals surface area (Å²) in [5.41, 5.74) is 4.34. The molecule has 0 aliphatic rings. The second-order valence-electron chi connectivity index (χ2n) is 5.45. The van der Waals surface area contributed by atoms with Gasteiger partial charge in [-0.3, -0.25) is 5.10 Å². The standard InChI is InChI=1S/C15H21N3O2S/c1-10-6-7-14(11(2)8-10)9-18(5)21(19,20)15-12(3)16-17-13(15)4/h6-8H,9H2,1-5H3,(H,16,17). The number of nitrogens with one attached hydrogen (secondary N) is 1. The molecule has 1 aromatic heterocycles. The van der Waals surface area contributed by atoms with E-state index in [9.17, 15) is 8.42 Å². The topological polar surface area (TPSA) is 66.1 Å². The Hall–Kier alpha value is -1.66. The number of aryl methyl sites for hydroxylation is 4. The van der Waals surface area contributed by atoms with Gasteiger partial charge in [-0.1, -0.05) is 23.8 Å². The normalized spacial score (nSPS) is 12.1. The van der Waals surface area contributed by atoms with Crippen LogP contribution >= 0.6 is 0 Å². The van der Waals surface area contributed by atoms with E-state index in [1.807, 2.05) is 26.0 Å². The van der Waals surface area contributed by atoms with Gasteiger partial charge in [-0.2, -0.15) is 9.40 Å². The molecule has 0 fully saturated rings. The van der Waals surface area contributed by atoms with E-state index in [2.05, 4.69) is 16.3 Å². The van der Waals surface area contributed by atoms with Gasteiger partial charge in [-0.05, 0) is 38.8 Å². The highest BCUT2D eigenvalue weighted by atomic mass is 32.2. The van der Waals surface area contributed by atoms with Crippen molar-refractivity contribution in [2.75, 3.05) is 7.05 Å². The summed E-state index contributed by atoms with van der Waals surface area (Å²) >= 11 is 0. The average molecular weight is 307 g/mol. The highest BCUT2D eigenvalue weighted by Gasteiger charge is 2.27. The molecule has 114 valence electrons. The summed E-state index contributed by atoms with van der Waals surface area (Å²) in [5, 5.41) is 6.69. The highest BCUT2D eigenvalue weighted by molar-refractivity contribution is 7.89. The Morgan fingerprint density at radius 1 is 1.19 bits per heavy atom. The smallest absolute Gasteiger partial charge is 0.246 e. The van der Waals surface area contributed by atoms with Gasteiger partial charge in [-0.25, -0.2) is 8.42 Å². The number of sulfonamides is 1. The molecule has 0 aliphatic heterocycles.